The molecule has 0 radical (unpaired) electrons. The second-order valence-electron chi connectivity index (χ2n) is 6.34. The van der Waals surface area contributed by atoms with Crippen molar-refractivity contribution in [1.29, 1.82) is 0 Å². The molecule has 32 heavy (non-hydrogen) atoms. The first-order valence-electron chi connectivity index (χ1n) is 9.22. The molecule has 2 aromatic rings. The van der Waals surface area contributed by atoms with Gasteiger partial charge in [-0.3, -0.25) is 0 Å². The van der Waals surface area contributed by atoms with Gasteiger partial charge >= 0.3 is 17.9 Å². The first-order chi connectivity index (χ1) is 15.4. The van der Waals surface area contributed by atoms with E-state index in [0.717, 1.165) is 7.11 Å². The second kappa shape index (κ2) is 9.84. The summed E-state index contributed by atoms with van der Waals surface area (Å²) in [4.78, 5) is 38.5. The minimum absolute atomic E-state index is 0.0323. The average molecular weight is 456 g/mol. The van der Waals surface area contributed by atoms with Crippen molar-refractivity contribution >= 4 is 35.2 Å². The summed E-state index contributed by atoms with van der Waals surface area (Å²) in [5.41, 5.74) is -0.126. The zero-order chi connectivity index (χ0) is 23.3. The third-order valence-corrected chi connectivity index (χ3v) is 4.60. The normalized spacial score (nSPS) is 12.9. The highest BCUT2D eigenvalue weighted by Gasteiger charge is 2.30. The van der Waals surface area contributed by atoms with Crippen molar-refractivity contribution in [3.05, 3.63) is 88.7 Å². The summed E-state index contributed by atoms with van der Waals surface area (Å²) in [6, 6.07) is 10.8. The molecule has 1 aliphatic heterocycles. The number of esters is 3. The molecule has 9 heteroatoms. The van der Waals surface area contributed by atoms with Crippen molar-refractivity contribution < 1.29 is 33.7 Å². The highest BCUT2D eigenvalue weighted by molar-refractivity contribution is 6.31. The Balaban J connectivity index is 2.12. The van der Waals surface area contributed by atoms with Crippen LogP contribution >= 0.6 is 11.6 Å². The van der Waals surface area contributed by atoms with Crippen LogP contribution in [0.25, 0.3) is 0 Å². The van der Waals surface area contributed by atoms with E-state index < -0.39 is 23.7 Å². The quantitative estimate of drug-likeness (QED) is 0.537. The van der Waals surface area contributed by atoms with Gasteiger partial charge in [-0.05, 0) is 30.4 Å². The van der Waals surface area contributed by atoms with Crippen LogP contribution in [-0.2, 0) is 19.1 Å². The fourth-order valence-electron chi connectivity index (χ4n) is 2.91. The van der Waals surface area contributed by atoms with Gasteiger partial charge in [-0.1, -0.05) is 35.9 Å². The molecule has 0 saturated heterocycles. The lowest BCUT2D eigenvalue weighted by Crippen LogP contribution is -2.27. The number of anilines is 1. The summed E-state index contributed by atoms with van der Waals surface area (Å²) in [6.07, 6.45) is 5.81. The number of nitrogens with zero attached hydrogens (tertiary/aromatic N) is 1. The molecule has 1 aliphatic rings. The maximum Gasteiger partial charge on any atom is 0.355 e. The number of allylic oxidation sites excluding steroid dienone is 2. The third-order valence-electron chi connectivity index (χ3n) is 4.38. The molecular weight excluding hydrogens is 438 g/mol. The zero-order valence-corrected chi connectivity index (χ0v) is 17.8. The van der Waals surface area contributed by atoms with Crippen LogP contribution in [0.2, 0.25) is 5.02 Å². The van der Waals surface area contributed by atoms with E-state index in [1.807, 2.05) is 0 Å². The first-order valence-corrected chi connectivity index (χ1v) is 9.60. The number of methoxy groups -OCH3 is 2. The summed E-state index contributed by atoms with van der Waals surface area (Å²) in [5, 5.41) is 11.0. The van der Waals surface area contributed by atoms with Crippen LogP contribution in [0.4, 0.5) is 5.69 Å². The van der Waals surface area contributed by atoms with Crippen LogP contribution in [0, 0.1) is 0 Å². The third kappa shape index (κ3) is 4.65. The number of phenolic OH excluding ortho intramolecular Hbond substituents is 1. The fourth-order valence-corrected chi connectivity index (χ4v) is 3.11. The van der Waals surface area contributed by atoms with Gasteiger partial charge in [0.15, 0.2) is 11.5 Å². The number of hydrogen-bond acceptors (Lipinski definition) is 8. The van der Waals surface area contributed by atoms with Gasteiger partial charge < -0.3 is 24.2 Å². The standard InChI is InChI=1S/C23H18ClNO7/c1-30-22(28)16-10-6-7-11-25(19(16)23(29)31-2)17-12-15(24)13-18(20(17)26)32-21(27)14-8-4-3-5-9-14/h3-13,26H,1-2H3. The van der Waals surface area contributed by atoms with E-state index in [-0.39, 0.29) is 33.3 Å². The van der Waals surface area contributed by atoms with Gasteiger partial charge in [0.05, 0.1) is 31.0 Å². The van der Waals surface area contributed by atoms with Crippen LogP contribution < -0.4 is 9.64 Å². The van der Waals surface area contributed by atoms with Crippen molar-refractivity contribution in [2.24, 2.45) is 0 Å². The molecule has 0 aromatic heterocycles. The molecule has 3 rings (SSSR count). The van der Waals surface area contributed by atoms with Crippen LogP contribution in [-0.4, -0.2) is 37.2 Å². The van der Waals surface area contributed by atoms with Crippen LogP contribution in [0.1, 0.15) is 10.4 Å². The van der Waals surface area contributed by atoms with Crippen molar-refractivity contribution in [2.45, 2.75) is 0 Å². The number of benzene rings is 2. The van der Waals surface area contributed by atoms with Crippen molar-refractivity contribution in [2.75, 3.05) is 19.1 Å². The maximum absolute atomic E-state index is 12.6. The molecule has 0 bridgehead atoms. The zero-order valence-electron chi connectivity index (χ0n) is 17.1. The minimum Gasteiger partial charge on any atom is -0.503 e. The Labute approximate surface area is 188 Å². The van der Waals surface area contributed by atoms with Gasteiger partial charge in [0.25, 0.3) is 0 Å². The van der Waals surface area contributed by atoms with E-state index in [9.17, 15) is 19.5 Å². The highest BCUT2D eigenvalue weighted by Crippen LogP contribution is 2.42. The molecule has 0 unspecified atom stereocenters. The lowest BCUT2D eigenvalue weighted by atomic mass is 10.1. The van der Waals surface area contributed by atoms with Crippen molar-refractivity contribution in [3.63, 3.8) is 0 Å². The smallest absolute Gasteiger partial charge is 0.355 e. The first kappa shape index (κ1) is 22.6. The molecule has 2 aromatic carbocycles. The largest absolute Gasteiger partial charge is 0.503 e. The predicted molar refractivity (Wildman–Crippen MR) is 116 cm³/mol. The Morgan fingerprint density at radius 2 is 1.62 bits per heavy atom. The summed E-state index contributed by atoms with van der Waals surface area (Å²) in [7, 11) is 2.31. The van der Waals surface area contributed by atoms with E-state index in [2.05, 4.69) is 0 Å². The SMILES string of the molecule is COC(=O)C1=C(C(=O)OC)N(c2cc(Cl)cc(OC(=O)c3ccccc3)c2O)C=CC=C1. The maximum atomic E-state index is 12.6. The van der Waals surface area contributed by atoms with E-state index in [4.69, 9.17) is 25.8 Å². The van der Waals surface area contributed by atoms with Gasteiger partial charge in [-0.15, -0.1) is 0 Å². The topological polar surface area (TPSA) is 102 Å². The number of aromatic hydroxyl groups is 1. The van der Waals surface area contributed by atoms with E-state index in [1.165, 1.54) is 48.6 Å². The van der Waals surface area contributed by atoms with Crippen LogP contribution in [0.3, 0.4) is 0 Å². The molecule has 0 spiro atoms. The summed E-state index contributed by atoms with van der Waals surface area (Å²) in [5.74, 6) is -3.12. The van der Waals surface area contributed by atoms with Gasteiger partial charge in [0.2, 0.25) is 0 Å². The van der Waals surface area contributed by atoms with Crippen LogP contribution in [0.5, 0.6) is 11.5 Å². The number of rotatable bonds is 5. The number of carbonyl (C=O) groups excluding carboxylic acids is 3. The highest BCUT2D eigenvalue weighted by atomic mass is 35.5. The number of ether oxygens (including phenoxy) is 3. The molecule has 0 amide bonds. The van der Waals surface area contributed by atoms with Gasteiger partial charge in [0.1, 0.15) is 5.70 Å². The van der Waals surface area contributed by atoms with Crippen molar-refractivity contribution in [3.8, 4) is 11.5 Å². The summed E-state index contributed by atoms with van der Waals surface area (Å²) in [6.45, 7) is 0. The minimum atomic E-state index is -0.871. The number of phenols is 1. The van der Waals surface area contributed by atoms with E-state index in [0.29, 0.717) is 0 Å². The second-order valence-corrected chi connectivity index (χ2v) is 6.78. The number of hydrogen-bond donors (Lipinski definition) is 1. The lowest BCUT2D eigenvalue weighted by Gasteiger charge is -2.24. The molecular formula is C23H18ClNO7. The Morgan fingerprint density at radius 3 is 2.28 bits per heavy atom. The van der Waals surface area contributed by atoms with Gasteiger partial charge in [-0.2, -0.15) is 0 Å². The molecule has 0 atom stereocenters. The molecule has 8 nitrogen and oxygen atoms in total. The monoisotopic (exact) mass is 455 g/mol. The fraction of sp³-hybridized carbons (Fsp3) is 0.0870. The molecule has 1 heterocycles. The molecule has 0 fully saturated rings. The van der Waals surface area contributed by atoms with Crippen LogP contribution in [0.15, 0.2) is 78.2 Å². The van der Waals surface area contributed by atoms with Gasteiger partial charge in [0, 0.05) is 17.3 Å². The molecule has 164 valence electrons. The molecule has 0 saturated carbocycles. The molecule has 1 N–H and O–H groups in total. The summed E-state index contributed by atoms with van der Waals surface area (Å²) < 4.78 is 14.9. The van der Waals surface area contributed by atoms with E-state index in [1.54, 1.807) is 30.3 Å². The lowest BCUT2D eigenvalue weighted by molar-refractivity contribution is -0.139. The Kier molecular flexibility index (Phi) is 6.97. The van der Waals surface area contributed by atoms with Gasteiger partial charge in [-0.25, -0.2) is 14.4 Å². The summed E-state index contributed by atoms with van der Waals surface area (Å²) >= 11 is 6.21. The Bertz CT molecular complexity index is 1150. The molecule has 0 aliphatic carbocycles. The average Bonchev–Trinajstić information content (AvgIpc) is 3.03. The Morgan fingerprint density at radius 1 is 0.938 bits per heavy atom. The van der Waals surface area contributed by atoms with E-state index >= 15 is 0 Å². The predicted octanol–water partition coefficient (Wildman–Crippen LogP) is 3.75. The van der Waals surface area contributed by atoms with Crippen molar-refractivity contribution in [1.82, 2.24) is 0 Å². The number of carbonyl (C=O) groups is 3. The number of halogens is 1. The Hall–Kier alpha value is -4.04.